The van der Waals surface area contributed by atoms with E-state index in [0.717, 1.165) is 12.1 Å². The van der Waals surface area contributed by atoms with Crippen LogP contribution in [0.1, 0.15) is 26.3 Å². The molecule has 18 heavy (non-hydrogen) atoms. The van der Waals surface area contributed by atoms with Gasteiger partial charge in [0.2, 0.25) is 0 Å². The molecule has 0 aliphatic rings. The van der Waals surface area contributed by atoms with E-state index < -0.39 is 6.09 Å². The minimum atomic E-state index is -1.33. The molecular formula is C14H22N2O2. The fourth-order valence-electron chi connectivity index (χ4n) is 1.10. The van der Waals surface area contributed by atoms with Gasteiger partial charge in [-0.05, 0) is 23.1 Å². The Labute approximate surface area is 109 Å². The van der Waals surface area contributed by atoms with Gasteiger partial charge in [0.1, 0.15) is 0 Å². The molecule has 0 bridgehead atoms. The Morgan fingerprint density at radius 3 is 2.17 bits per heavy atom. The molecule has 4 nitrogen and oxygen atoms in total. The third-order valence-corrected chi connectivity index (χ3v) is 1.97. The maximum Gasteiger partial charge on any atom is 0.402 e. The maximum atomic E-state index is 8.78. The monoisotopic (exact) mass is 250 g/mol. The molecule has 0 heterocycles. The van der Waals surface area contributed by atoms with E-state index in [1.807, 2.05) is 6.08 Å². The highest BCUT2D eigenvalue weighted by molar-refractivity contribution is 5.61. The van der Waals surface area contributed by atoms with Crippen molar-refractivity contribution in [3.63, 3.8) is 0 Å². The van der Waals surface area contributed by atoms with Crippen LogP contribution in [0.4, 0.5) is 10.5 Å². The molecule has 0 aromatic heterocycles. The van der Waals surface area contributed by atoms with Crippen LogP contribution >= 0.6 is 0 Å². The standard InChI is InChI=1S/C13H19N.CH3NO2/c1-5-11-6-8-12(9-7-11)14-10-13(2,3)4;2-1(3)4/h5-9,14H,1,10H2,2-4H3;2H2,(H,3,4). The zero-order valence-electron chi connectivity index (χ0n) is 11.2. The van der Waals surface area contributed by atoms with E-state index in [9.17, 15) is 0 Å². The molecule has 0 saturated carbocycles. The van der Waals surface area contributed by atoms with Gasteiger partial charge in [0.25, 0.3) is 0 Å². The topological polar surface area (TPSA) is 75.3 Å². The normalized spacial score (nSPS) is 9.94. The summed E-state index contributed by atoms with van der Waals surface area (Å²) < 4.78 is 0. The summed E-state index contributed by atoms with van der Waals surface area (Å²) in [4.78, 5) is 8.78. The molecule has 1 amide bonds. The molecule has 4 heteroatoms. The third-order valence-electron chi connectivity index (χ3n) is 1.97. The first-order chi connectivity index (χ1) is 8.24. The fourth-order valence-corrected chi connectivity index (χ4v) is 1.10. The van der Waals surface area contributed by atoms with Gasteiger partial charge in [0.05, 0.1) is 0 Å². The van der Waals surface area contributed by atoms with Crippen LogP contribution in [-0.4, -0.2) is 17.7 Å². The Hall–Kier alpha value is -1.97. The number of hydrogen-bond acceptors (Lipinski definition) is 2. The first-order valence-electron chi connectivity index (χ1n) is 5.69. The zero-order chi connectivity index (χ0) is 14.2. The SMILES string of the molecule is C=Cc1ccc(NCC(C)(C)C)cc1.NC(=O)O. The molecule has 0 radical (unpaired) electrons. The first kappa shape index (κ1) is 16.0. The fraction of sp³-hybridized carbons (Fsp3) is 0.357. The number of amides is 1. The summed E-state index contributed by atoms with van der Waals surface area (Å²) in [5.41, 5.74) is 6.67. The minimum Gasteiger partial charge on any atom is -0.465 e. The van der Waals surface area contributed by atoms with Crippen LogP contribution in [0.25, 0.3) is 6.08 Å². The summed E-state index contributed by atoms with van der Waals surface area (Å²) in [6.45, 7) is 11.4. The molecule has 0 aliphatic heterocycles. The predicted octanol–water partition coefficient (Wildman–Crippen LogP) is 3.41. The van der Waals surface area contributed by atoms with E-state index in [4.69, 9.17) is 9.90 Å². The van der Waals surface area contributed by atoms with E-state index >= 15 is 0 Å². The average molecular weight is 250 g/mol. The van der Waals surface area contributed by atoms with Crippen molar-refractivity contribution in [1.29, 1.82) is 0 Å². The van der Waals surface area contributed by atoms with Crippen molar-refractivity contribution >= 4 is 17.9 Å². The van der Waals surface area contributed by atoms with Crippen molar-refractivity contribution in [3.8, 4) is 0 Å². The number of anilines is 1. The molecule has 0 spiro atoms. The van der Waals surface area contributed by atoms with Gasteiger partial charge in [-0.1, -0.05) is 45.6 Å². The first-order valence-corrected chi connectivity index (χ1v) is 5.69. The van der Waals surface area contributed by atoms with Crippen LogP contribution in [0.2, 0.25) is 0 Å². The second kappa shape index (κ2) is 7.37. The predicted molar refractivity (Wildman–Crippen MR) is 76.7 cm³/mol. The van der Waals surface area contributed by atoms with Crippen LogP contribution in [-0.2, 0) is 0 Å². The van der Waals surface area contributed by atoms with E-state index in [1.165, 1.54) is 5.69 Å². The Kier molecular flexibility index (Phi) is 6.57. The molecule has 1 rings (SSSR count). The van der Waals surface area contributed by atoms with Gasteiger partial charge in [-0.3, -0.25) is 0 Å². The van der Waals surface area contributed by atoms with Crippen LogP contribution in [0, 0.1) is 5.41 Å². The number of nitrogens with one attached hydrogen (secondary N) is 1. The van der Waals surface area contributed by atoms with Crippen molar-refractivity contribution in [2.45, 2.75) is 20.8 Å². The molecule has 0 fully saturated rings. The number of carbonyl (C=O) groups is 1. The number of hydrogen-bond donors (Lipinski definition) is 3. The van der Waals surface area contributed by atoms with Crippen molar-refractivity contribution in [1.82, 2.24) is 0 Å². The highest BCUT2D eigenvalue weighted by atomic mass is 16.4. The van der Waals surface area contributed by atoms with Crippen molar-refractivity contribution in [3.05, 3.63) is 36.4 Å². The van der Waals surface area contributed by atoms with Crippen molar-refractivity contribution in [2.24, 2.45) is 11.1 Å². The maximum absolute atomic E-state index is 8.78. The third kappa shape index (κ3) is 9.27. The van der Waals surface area contributed by atoms with Gasteiger partial charge in [0, 0.05) is 12.2 Å². The van der Waals surface area contributed by atoms with Gasteiger partial charge in [-0.15, -0.1) is 0 Å². The van der Waals surface area contributed by atoms with Crippen LogP contribution in [0.3, 0.4) is 0 Å². The van der Waals surface area contributed by atoms with E-state index in [1.54, 1.807) is 0 Å². The van der Waals surface area contributed by atoms with E-state index in [2.05, 4.69) is 62.7 Å². The summed E-state index contributed by atoms with van der Waals surface area (Å²) in [5.74, 6) is 0. The Balaban J connectivity index is 0.000000631. The molecule has 0 aliphatic carbocycles. The number of rotatable bonds is 3. The van der Waals surface area contributed by atoms with Gasteiger partial charge >= 0.3 is 6.09 Å². The lowest BCUT2D eigenvalue weighted by Crippen LogP contribution is -2.18. The summed E-state index contributed by atoms with van der Waals surface area (Å²) in [6, 6.07) is 8.31. The molecule has 1 aromatic carbocycles. The Morgan fingerprint density at radius 2 is 1.83 bits per heavy atom. The smallest absolute Gasteiger partial charge is 0.402 e. The Bertz CT molecular complexity index is 374. The van der Waals surface area contributed by atoms with E-state index in [0.29, 0.717) is 5.41 Å². The van der Waals surface area contributed by atoms with Crippen molar-refractivity contribution in [2.75, 3.05) is 11.9 Å². The van der Waals surface area contributed by atoms with Gasteiger partial charge in [0.15, 0.2) is 0 Å². The van der Waals surface area contributed by atoms with Gasteiger partial charge in [-0.2, -0.15) is 0 Å². The molecule has 0 atom stereocenters. The average Bonchev–Trinajstić information content (AvgIpc) is 2.25. The molecule has 100 valence electrons. The lowest BCUT2D eigenvalue weighted by atomic mass is 9.97. The number of primary amides is 1. The van der Waals surface area contributed by atoms with Gasteiger partial charge in [-0.25, -0.2) is 4.79 Å². The minimum absolute atomic E-state index is 0.317. The zero-order valence-corrected chi connectivity index (χ0v) is 11.2. The molecule has 4 N–H and O–H groups in total. The van der Waals surface area contributed by atoms with Crippen LogP contribution < -0.4 is 11.1 Å². The number of benzene rings is 1. The lowest BCUT2D eigenvalue weighted by Gasteiger charge is -2.19. The second-order valence-electron chi connectivity index (χ2n) is 5.08. The van der Waals surface area contributed by atoms with E-state index in [-0.39, 0.29) is 0 Å². The molecule has 0 saturated heterocycles. The van der Waals surface area contributed by atoms with Crippen LogP contribution in [0.5, 0.6) is 0 Å². The van der Waals surface area contributed by atoms with Gasteiger partial charge < -0.3 is 16.2 Å². The summed E-state index contributed by atoms with van der Waals surface area (Å²) in [7, 11) is 0. The highest BCUT2D eigenvalue weighted by Crippen LogP contribution is 2.16. The molecular weight excluding hydrogens is 228 g/mol. The number of nitrogens with two attached hydrogens (primary N) is 1. The highest BCUT2D eigenvalue weighted by Gasteiger charge is 2.08. The quantitative estimate of drug-likeness (QED) is 0.769. The summed E-state index contributed by atoms with van der Waals surface area (Å²) in [5, 5.41) is 10.6. The molecule has 0 unspecified atom stereocenters. The number of carboxylic acid groups (broad SMARTS) is 1. The van der Waals surface area contributed by atoms with Crippen molar-refractivity contribution < 1.29 is 9.90 Å². The second-order valence-corrected chi connectivity index (χ2v) is 5.08. The Morgan fingerprint density at radius 1 is 1.39 bits per heavy atom. The van der Waals surface area contributed by atoms with Crippen LogP contribution in [0.15, 0.2) is 30.8 Å². The summed E-state index contributed by atoms with van der Waals surface area (Å²) in [6.07, 6.45) is 0.521. The largest absolute Gasteiger partial charge is 0.465 e. The molecule has 1 aromatic rings. The lowest BCUT2D eigenvalue weighted by molar-refractivity contribution is 0.205. The summed E-state index contributed by atoms with van der Waals surface area (Å²) >= 11 is 0.